The molecule has 4 aliphatic rings. The molecule has 8 heteroatoms. The number of carbonyl (C=O) groups is 3. The van der Waals surface area contributed by atoms with Crippen molar-refractivity contribution >= 4 is 40.7 Å². The number of rotatable bonds is 2. The molecule has 4 atom stereocenters. The Morgan fingerprint density at radius 2 is 2.00 bits per heavy atom. The standard InChI is InChI=1S/C24H21ClFN3O3/c1-2-12-5-3-6-14-20(12)27-23(32)24(14)19-18(17-7-4-10-28(17)24)21(30)29(22(19)31)13-8-9-16(26)15(25)11-13/h3,5-6,8-9,11,17-19H,2,4,7,10H2,1H3,(H,27,32)/t17-,18+,19-,24+/m0/s1. The number of aryl methyl sites for hydroxylation is 1. The monoisotopic (exact) mass is 453 g/mol. The normalized spacial score (nSPS) is 30.8. The van der Waals surface area contributed by atoms with E-state index in [-0.39, 0.29) is 28.6 Å². The Morgan fingerprint density at radius 1 is 1.19 bits per heavy atom. The van der Waals surface area contributed by atoms with Gasteiger partial charge < -0.3 is 5.32 Å². The lowest BCUT2D eigenvalue weighted by Crippen LogP contribution is -2.54. The molecule has 0 bridgehead atoms. The van der Waals surface area contributed by atoms with Gasteiger partial charge in [0.25, 0.3) is 0 Å². The fraction of sp³-hybridized carbons (Fsp3) is 0.375. The highest BCUT2D eigenvalue weighted by Crippen LogP contribution is 2.61. The van der Waals surface area contributed by atoms with Gasteiger partial charge in [-0.1, -0.05) is 36.7 Å². The minimum atomic E-state index is -1.21. The number of carbonyl (C=O) groups excluding carboxylic acids is 3. The van der Waals surface area contributed by atoms with Crippen LogP contribution < -0.4 is 10.2 Å². The molecule has 6 rings (SSSR count). The number of anilines is 2. The van der Waals surface area contributed by atoms with E-state index in [4.69, 9.17) is 11.6 Å². The Bertz CT molecular complexity index is 1220. The molecule has 164 valence electrons. The van der Waals surface area contributed by atoms with Crippen LogP contribution in [-0.4, -0.2) is 35.2 Å². The summed E-state index contributed by atoms with van der Waals surface area (Å²) < 4.78 is 13.7. The third kappa shape index (κ3) is 2.20. The van der Waals surface area contributed by atoms with Gasteiger partial charge in [0.2, 0.25) is 17.7 Å². The Kier molecular flexibility index (Phi) is 4.11. The van der Waals surface area contributed by atoms with E-state index in [1.165, 1.54) is 12.1 Å². The largest absolute Gasteiger partial charge is 0.324 e. The summed E-state index contributed by atoms with van der Waals surface area (Å²) >= 11 is 5.94. The second-order valence-electron chi connectivity index (χ2n) is 8.93. The smallest absolute Gasteiger partial charge is 0.250 e. The van der Waals surface area contributed by atoms with Crippen molar-refractivity contribution in [2.24, 2.45) is 11.8 Å². The highest BCUT2D eigenvalue weighted by atomic mass is 35.5. The van der Waals surface area contributed by atoms with Gasteiger partial charge in [0, 0.05) is 17.3 Å². The van der Waals surface area contributed by atoms with Gasteiger partial charge in [0.05, 0.1) is 22.5 Å². The van der Waals surface area contributed by atoms with Crippen LogP contribution in [0.5, 0.6) is 0 Å². The second-order valence-corrected chi connectivity index (χ2v) is 9.34. The maximum atomic E-state index is 13.9. The maximum Gasteiger partial charge on any atom is 0.250 e. The molecular weight excluding hydrogens is 433 g/mol. The topological polar surface area (TPSA) is 69.7 Å². The summed E-state index contributed by atoms with van der Waals surface area (Å²) in [5, 5.41) is 2.89. The highest BCUT2D eigenvalue weighted by Gasteiger charge is 2.74. The van der Waals surface area contributed by atoms with Crippen LogP contribution in [0.3, 0.4) is 0 Å². The number of hydrogen-bond acceptors (Lipinski definition) is 4. The lowest BCUT2D eigenvalue weighted by molar-refractivity contribution is -0.135. The minimum Gasteiger partial charge on any atom is -0.324 e. The van der Waals surface area contributed by atoms with Gasteiger partial charge in [0.1, 0.15) is 11.4 Å². The van der Waals surface area contributed by atoms with Gasteiger partial charge in [-0.2, -0.15) is 0 Å². The third-order valence-electron chi connectivity index (χ3n) is 7.66. The van der Waals surface area contributed by atoms with Crippen LogP contribution in [-0.2, 0) is 26.3 Å². The molecule has 1 N–H and O–H groups in total. The van der Waals surface area contributed by atoms with E-state index in [1.54, 1.807) is 0 Å². The van der Waals surface area contributed by atoms with Crippen LogP contribution >= 0.6 is 11.6 Å². The van der Waals surface area contributed by atoms with Gasteiger partial charge in [0.15, 0.2) is 0 Å². The molecule has 3 fully saturated rings. The second kappa shape index (κ2) is 6.62. The fourth-order valence-corrected chi connectivity index (χ4v) is 6.64. The molecule has 0 saturated carbocycles. The van der Waals surface area contributed by atoms with Crippen LogP contribution in [0.15, 0.2) is 36.4 Å². The summed E-state index contributed by atoms with van der Waals surface area (Å²) in [6, 6.07) is 9.42. The molecule has 4 heterocycles. The molecule has 4 aliphatic heterocycles. The van der Waals surface area contributed by atoms with Crippen LogP contribution in [0.4, 0.5) is 15.8 Å². The summed E-state index contributed by atoms with van der Waals surface area (Å²) in [5.41, 5.74) is 1.57. The number of nitrogens with zero attached hydrogens (tertiary/aromatic N) is 2. The third-order valence-corrected chi connectivity index (χ3v) is 7.95. The van der Waals surface area contributed by atoms with Crippen LogP contribution in [0.2, 0.25) is 5.02 Å². The number of para-hydroxylation sites is 1. The predicted octanol–water partition coefficient (Wildman–Crippen LogP) is 3.47. The van der Waals surface area contributed by atoms with E-state index in [9.17, 15) is 18.8 Å². The Labute approximate surface area is 189 Å². The van der Waals surface area contributed by atoms with Gasteiger partial charge in [-0.25, -0.2) is 9.29 Å². The van der Waals surface area contributed by atoms with Crippen LogP contribution in [0.25, 0.3) is 0 Å². The number of fused-ring (bicyclic) bond motifs is 7. The molecule has 2 aromatic carbocycles. The van der Waals surface area contributed by atoms with E-state index in [0.717, 1.165) is 47.0 Å². The summed E-state index contributed by atoms with van der Waals surface area (Å²) in [7, 11) is 0. The molecule has 0 unspecified atom stereocenters. The lowest BCUT2D eigenvalue weighted by Gasteiger charge is -2.36. The maximum absolute atomic E-state index is 13.9. The first-order chi connectivity index (χ1) is 15.4. The molecule has 1 spiro atoms. The van der Waals surface area contributed by atoms with Crippen LogP contribution in [0.1, 0.15) is 30.9 Å². The first kappa shape index (κ1) is 19.9. The van der Waals surface area contributed by atoms with E-state index >= 15 is 0 Å². The van der Waals surface area contributed by atoms with Gasteiger partial charge in [-0.05, 0) is 49.6 Å². The van der Waals surface area contributed by atoms with Crippen molar-refractivity contribution in [3.05, 3.63) is 58.4 Å². The first-order valence-corrected chi connectivity index (χ1v) is 11.3. The molecule has 0 radical (unpaired) electrons. The quantitative estimate of drug-likeness (QED) is 0.707. The number of hydrogen-bond donors (Lipinski definition) is 1. The molecule has 2 aromatic rings. The van der Waals surface area contributed by atoms with Crippen molar-refractivity contribution in [1.29, 1.82) is 0 Å². The van der Waals surface area contributed by atoms with E-state index in [0.29, 0.717) is 6.54 Å². The van der Waals surface area contributed by atoms with Crippen molar-refractivity contribution in [3.8, 4) is 0 Å². The predicted molar refractivity (Wildman–Crippen MR) is 117 cm³/mol. The van der Waals surface area contributed by atoms with E-state index < -0.39 is 29.1 Å². The molecular formula is C24H21ClFN3O3. The van der Waals surface area contributed by atoms with E-state index in [1.807, 2.05) is 25.1 Å². The SMILES string of the molecule is CCc1cccc2c1NC(=O)[C@]21[C@@H]2C(=O)N(c3ccc(F)c(Cl)c3)C(=O)[C@@H]2[C@@H]2CCCN21. The fourth-order valence-electron chi connectivity index (χ4n) is 6.46. The van der Waals surface area contributed by atoms with Crippen molar-refractivity contribution in [2.45, 2.75) is 37.8 Å². The lowest BCUT2D eigenvalue weighted by atomic mass is 9.75. The molecule has 0 aromatic heterocycles. The van der Waals surface area contributed by atoms with Gasteiger partial charge >= 0.3 is 0 Å². The summed E-state index contributed by atoms with van der Waals surface area (Å²) in [4.78, 5) is 44.4. The molecule has 3 amide bonds. The summed E-state index contributed by atoms with van der Waals surface area (Å²) in [6.45, 7) is 2.68. The van der Waals surface area contributed by atoms with Crippen molar-refractivity contribution in [1.82, 2.24) is 4.90 Å². The molecule has 0 aliphatic carbocycles. The Hall–Kier alpha value is -2.77. The highest BCUT2D eigenvalue weighted by molar-refractivity contribution is 6.32. The van der Waals surface area contributed by atoms with Crippen molar-refractivity contribution in [3.63, 3.8) is 0 Å². The van der Waals surface area contributed by atoms with E-state index in [2.05, 4.69) is 10.2 Å². The average molecular weight is 454 g/mol. The summed E-state index contributed by atoms with van der Waals surface area (Å²) in [6.07, 6.45) is 2.34. The molecule has 32 heavy (non-hydrogen) atoms. The van der Waals surface area contributed by atoms with Crippen molar-refractivity contribution in [2.75, 3.05) is 16.8 Å². The Balaban J connectivity index is 1.55. The average Bonchev–Trinajstić information content (AvgIpc) is 3.48. The number of imide groups is 1. The number of amides is 3. The zero-order valence-electron chi connectivity index (χ0n) is 17.4. The first-order valence-electron chi connectivity index (χ1n) is 10.9. The molecule has 6 nitrogen and oxygen atoms in total. The minimum absolute atomic E-state index is 0.158. The van der Waals surface area contributed by atoms with Crippen LogP contribution in [0, 0.1) is 17.7 Å². The van der Waals surface area contributed by atoms with Gasteiger partial charge in [-0.15, -0.1) is 0 Å². The Morgan fingerprint density at radius 3 is 2.75 bits per heavy atom. The number of halogens is 2. The number of benzene rings is 2. The number of nitrogens with one attached hydrogen (secondary N) is 1. The zero-order valence-corrected chi connectivity index (χ0v) is 18.2. The van der Waals surface area contributed by atoms with Gasteiger partial charge in [-0.3, -0.25) is 19.3 Å². The summed E-state index contributed by atoms with van der Waals surface area (Å²) in [5.74, 6) is -3.10. The zero-order chi connectivity index (χ0) is 22.4. The molecule has 3 saturated heterocycles. The van der Waals surface area contributed by atoms with Crippen molar-refractivity contribution < 1.29 is 18.8 Å².